The number of carbonyl (C=O) groups is 1. The molecule has 0 aliphatic carbocycles. The maximum Gasteiger partial charge on any atom is 0.352 e. The van der Waals surface area contributed by atoms with Crippen LogP contribution in [0.1, 0.15) is 0 Å². The number of hydrogen-bond acceptors (Lipinski definition) is 3. The van der Waals surface area contributed by atoms with Gasteiger partial charge in [-0.05, 0) is 0 Å². The van der Waals surface area contributed by atoms with Gasteiger partial charge in [-0.3, -0.25) is 4.99 Å². The Balaban J connectivity index is 2.57. The zero-order valence-electron chi connectivity index (χ0n) is 4.13. The third-order valence-electron chi connectivity index (χ3n) is 0.832. The van der Waals surface area contributed by atoms with Gasteiger partial charge in [0.15, 0.2) is 0 Å². The average Bonchev–Trinajstić information content (AvgIpc) is 2.12. The molecule has 0 atom stereocenters. The maximum atomic E-state index is 9.99. The number of nitrogens with zero attached hydrogens (tertiary/aromatic N) is 1. The number of carboxylic acids is 1. The van der Waals surface area contributed by atoms with Crippen LogP contribution in [0.5, 0.6) is 0 Å². The number of aliphatic carboxylic acids is 1. The molecule has 4 heteroatoms. The van der Waals surface area contributed by atoms with E-state index in [4.69, 9.17) is 5.11 Å². The number of ether oxygens (including phenoxy) is 1. The summed E-state index contributed by atoms with van der Waals surface area (Å²) in [6.07, 6.45) is 0. The van der Waals surface area contributed by atoms with Crippen LogP contribution in [-0.2, 0) is 9.53 Å². The van der Waals surface area contributed by atoms with E-state index in [1.165, 1.54) is 0 Å². The number of carboxylic acid groups (broad SMARTS) is 1. The van der Waals surface area contributed by atoms with Gasteiger partial charge in [-0.2, -0.15) is 0 Å². The second-order valence-corrected chi connectivity index (χ2v) is 1.39. The van der Waals surface area contributed by atoms with E-state index in [1.807, 2.05) is 0 Å². The minimum absolute atomic E-state index is 0.116. The van der Waals surface area contributed by atoms with Crippen LogP contribution in [0.25, 0.3) is 0 Å². The Hall–Kier alpha value is -0.900. The van der Waals surface area contributed by atoms with Crippen LogP contribution in [0.4, 0.5) is 0 Å². The predicted molar refractivity (Wildman–Crippen MR) is 25.9 cm³/mol. The van der Waals surface area contributed by atoms with Gasteiger partial charge in [0.1, 0.15) is 12.4 Å². The Kier molecular flexibility index (Phi) is 1.26. The fourth-order valence-corrected chi connectivity index (χ4v) is 0.441. The second-order valence-electron chi connectivity index (χ2n) is 1.39. The zero-order valence-corrected chi connectivity index (χ0v) is 4.13. The molecule has 0 amide bonds. The van der Waals surface area contributed by atoms with Crippen molar-refractivity contribution in [2.75, 3.05) is 13.3 Å². The molecule has 0 aromatic carbocycles. The first-order valence-electron chi connectivity index (χ1n) is 2.15. The van der Waals surface area contributed by atoms with Crippen molar-refractivity contribution in [3.63, 3.8) is 0 Å². The van der Waals surface area contributed by atoms with Crippen molar-refractivity contribution in [3.05, 3.63) is 0 Å². The van der Waals surface area contributed by atoms with Gasteiger partial charge in [-0.1, -0.05) is 0 Å². The first-order chi connectivity index (χ1) is 3.80. The molecule has 0 aromatic heterocycles. The molecular formula is C4H5NO3. The van der Waals surface area contributed by atoms with Crippen molar-refractivity contribution in [2.24, 2.45) is 4.99 Å². The monoisotopic (exact) mass is 115 g/mol. The van der Waals surface area contributed by atoms with E-state index in [0.29, 0.717) is 0 Å². The summed E-state index contributed by atoms with van der Waals surface area (Å²) >= 11 is 0. The third kappa shape index (κ3) is 0.840. The minimum atomic E-state index is -0.984. The van der Waals surface area contributed by atoms with Crippen LogP contribution >= 0.6 is 0 Å². The zero-order chi connectivity index (χ0) is 5.98. The highest BCUT2D eigenvalue weighted by molar-refractivity contribution is 6.36. The van der Waals surface area contributed by atoms with E-state index < -0.39 is 5.97 Å². The highest BCUT2D eigenvalue weighted by Gasteiger charge is 2.12. The molecule has 1 rings (SSSR count). The molecule has 0 aromatic rings. The van der Waals surface area contributed by atoms with Gasteiger partial charge in [0, 0.05) is 0 Å². The van der Waals surface area contributed by atoms with E-state index in [-0.39, 0.29) is 19.0 Å². The lowest BCUT2D eigenvalue weighted by atomic mass is 10.4. The second kappa shape index (κ2) is 1.92. The molecule has 0 fully saturated rings. The SMILES string of the molecule is O=C(O)C1=NCOC1. The van der Waals surface area contributed by atoms with Crippen LogP contribution < -0.4 is 0 Å². The van der Waals surface area contributed by atoms with Gasteiger partial charge in [-0.15, -0.1) is 0 Å². The summed E-state index contributed by atoms with van der Waals surface area (Å²) in [4.78, 5) is 13.5. The summed E-state index contributed by atoms with van der Waals surface area (Å²) in [5, 5.41) is 8.20. The first-order valence-corrected chi connectivity index (χ1v) is 2.15. The van der Waals surface area contributed by atoms with Crippen LogP contribution in [0.3, 0.4) is 0 Å². The molecular weight excluding hydrogens is 110 g/mol. The Morgan fingerprint density at radius 3 is 2.88 bits per heavy atom. The average molecular weight is 115 g/mol. The molecule has 0 spiro atoms. The lowest BCUT2D eigenvalue weighted by Gasteiger charge is -1.84. The van der Waals surface area contributed by atoms with Crippen molar-refractivity contribution in [3.8, 4) is 0 Å². The standard InChI is InChI=1S/C4H5NO3/c6-4(7)3-1-8-2-5-3/h1-2H2,(H,6,7). The van der Waals surface area contributed by atoms with E-state index >= 15 is 0 Å². The van der Waals surface area contributed by atoms with E-state index in [1.54, 1.807) is 0 Å². The lowest BCUT2D eigenvalue weighted by Crippen LogP contribution is -2.13. The van der Waals surface area contributed by atoms with Gasteiger partial charge in [-0.25, -0.2) is 4.79 Å². The van der Waals surface area contributed by atoms with Gasteiger partial charge in [0.05, 0.1) is 6.61 Å². The Bertz CT molecular complexity index is 140. The van der Waals surface area contributed by atoms with Crippen LogP contribution in [-0.4, -0.2) is 30.1 Å². The van der Waals surface area contributed by atoms with Crippen LogP contribution in [0, 0.1) is 0 Å². The summed E-state index contributed by atoms with van der Waals surface area (Å²) in [6.45, 7) is 0.344. The number of hydrogen-bond donors (Lipinski definition) is 1. The number of aliphatic imine (C=N–C) groups is 1. The summed E-state index contributed by atoms with van der Waals surface area (Å²) < 4.78 is 4.63. The normalized spacial score (nSPS) is 18.2. The molecule has 0 saturated carbocycles. The van der Waals surface area contributed by atoms with Gasteiger partial charge < -0.3 is 9.84 Å². The quantitative estimate of drug-likeness (QED) is 0.501. The summed E-state index contributed by atoms with van der Waals surface area (Å²) in [7, 11) is 0. The minimum Gasteiger partial charge on any atom is -0.477 e. The molecule has 1 heterocycles. The molecule has 0 unspecified atom stereocenters. The van der Waals surface area contributed by atoms with Gasteiger partial charge in [0.25, 0.3) is 0 Å². The van der Waals surface area contributed by atoms with Crippen molar-refractivity contribution in [2.45, 2.75) is 0 Å². The summed E-state index contributed by atoms with van der Waals surface area (Å²) in [6, 6.07) is 0. The lowest BCUT2D eigenvalue weighted by molar-refractivity contribution is -0.129. The molecule has 1 N–H and O–H groups in total. The van der Waals surface area contributed by atoms with Crippen molar-refractivity contribution in [1.29, 1.82) is 0 Å². The molecule has 44 valence electrons. The Morgan fingerprint density at radius 1 is 1.88 bits per heavy atom. The molecule has 0 radical (unpaired) electrons. The topological polar surface area (TPSA) is 58.9 Å². The highest BCUT2D eigenvalue weighted by atomic mass is 16.5. The fourth-order valence-electron chi connectivity index (χ4n) is 0.441. The van der Waals surface area contributed by atoms with E-state index in [0.717, 1.165) is 0 Å². The summed E-state index contributed by atoms with van der Waals surface area (Å²) in [5.74, 6) is -0.984. The molecule has 0 bridgehead atoms. The Morgan fingerprint density at radius 2 is 2.62 bits per heavy atom. The van der Waals surface area contributed by atoms with Crippen LogP contribution in [0.15, 0.2) is 4.99 Å². The van der Waals surface area contributed by atoms with Gasteiger partial charge >= 0.3 is 5.97 Å². The molecule has 0 saturated heterocycles. The van der Waals surface area contributed by atoms with Crippen molar-refractivity contribution < 1.29 is 14.6 Å². The van der Waals surface area contributed by atoms with E-state index in [9.17, 15) is 4.79 Å². The molecule has 8 heavy (non-hydrogen) atoms. The van der Waals surface area contributed by atoms with Gasteiger partial charge in [0.2, 0.25) is 0 Å². The molecule has 4 nitrogen and oxygen atoms in total. The summed E-state index contributed by atoms with van der Waals surface area (Å²) in [5.41, 5.74) is 0.116. The third-order valence-corrected chi connectivity index (χ3v) is 0.832. The highest BCUT2D eigenvalue weighted by Crippen LogP contribution is 1.91. The maximum absolute atomic E-state index is 9.99. The fraction of sp³-hybridized carbons (Fsp3) is 0.500. The first kappa shape index (κ1) is 5.24. The molecule has 1 aliphatic rings. The largest absolute Gasteiger partial charge is 0.477 e. The van der Waals surface area contributed by atoms with Crippen molar-refractivity contribution >= 4 is 11.7 Å². The predicted octanol–water partition coefficient (Wildman–Crippen LogP) is -0.500. The van der Waals surface area contributed by atoms with Crippen LogP contribution in [0.2, 0.25) is 0 Å². The molecule has 1 aliphatic heterocycles. The Labute approximate surface area is 45.8 Å². The van der Waals surface area contributed by atoms with Crippen molar-refractivity contribution in [1.82, 2.24) is 0 Å². The smallest absolute Gasteiger partial charge is 0.352 e. The number of rotatable bonds is 1. The van der Waals surface area contributed by atoms with E-state index in [2.05, 4.69) is 9.73 Å².